The van der Waals surface area contributed by atoms with Gasteiger partial charge in [0.2, 0.25) is 0 Å². The fourth-order valence-electron chi connectivity index (χ4n) is 7.16. The molecule has 0 unspecified atom stereocenters. The molecule has 228 valence electrons. The third-order valence-electron chi connectivity index (χ3n) is 9.49. The van der Waals surface area contributed by atoms with Crippen molar-refractivity contribution in [2.45, 2.75) is 0 Å². The molecule has 0 radical (unpaired) electrons. The van der Waals surface area contributed by atoms with Crippen molar-refractivity contribution in [2.24, 2.45) is 0 Å². The molecule has 0 atom stereocenters. The molecule has 10 rings (SSSR count). The molecule has 8 aromatic carbocycles. The van der Waals surface area contributed by atoms with E-state index in [0.29, 0.717) is 17.5 Å². The Morgan fingerprint density at radius 3 is 1.43 bits per heavy atom. The van der Waals surface area contributed by atoms with Gasteiger partial charge in [0.1, 0.15) is 11.2 Å². The molecule has 0 aliphatic carbocycles. The minimum Gasteiger partial charge on any atom is -0.455 e. The van der Waals surface area contributed by atoms with E-state index in [2.05, 4.69) is 103 Å². The summed E-state index contributed by atoms with van der Waals surface area (Å²) in [5.74, 6) is 1.93. The summed E-state index contributed by atoms with van der Waals surface area (Å²) < 4.78 is 6.82. The van der Waals surface area contributed by atoms with Crippen molar-refractivity contribution in [1.29, 1.82) is 0 Å². The Balaban J connectivity index is 1.20. The molecule has 0 amide bonds. The van der Waals surface area contributed by atoms with Gasteiger partial charge in [-0.2, -0.15) is 0 Å². The summed E-state index contributed by atoms with van der Waals surface area (Å²) in [4.78, 5) is 14.8. The average Bonchev–Trinajstić information content (AvgIpc) is 3.58. The quantitative estimate of drug-likeness (QED) is 0.183. The Morgan fingerprint density at radius 1 is 0.347 bits per heavy atom. The van der Waals surface area contributed by atoms with Crippen molar-refractivity contribution in [1.82, 2.24) is 15.0 Å². The van der Waals surface area contributed by atoms with E-state index < -0.39 is 0 Å². The van der Waals surface area contributed by atoms with Gasteiger partial charge in [-0.05, 0) is 50.2 Å². The van der Waals surface area contributed by atoms with Gasteiger partial charge in [-0.3, -0.25) is 0 Å². The van der Waals surface area contributed by atoms with Crippen LogP contribution in [0.4, 0.5) is 0 Å². The Morgan fingerprint density at radius 2 is 0.816 bits per heavy atom. The summed E-state index contributed by atoms with van der Waals surface area (Å²) in [6, 6.07) is 56.8. The van der Waals surface area contributed by atoms with Crippen LogP contribution >= 0.6 is 0 Å². The lowest BCUT2D eigenvalue weighted by Crippen LogP contribution is -2.00. The molecular formula is C45H27N3O. The van der Waals surface area contributed by atoms with Crippen LogP contribution in [-0.2, 0) is 0 Å². The van der Waals surface area contributed by atoms with Crippen LogP contribution in [-0.4, -0.2) is 15.0 Å². The highest BCUT2D eigenvalue weighted by Crippen LogP contribution is 2.45. The number of fused-ring (bicyclic) bond motifs is 9. The molecule has 2 aromatic heterocycles. The number of hydrogen-bond donors (Lipinski definition) is 0. The molecular weight excluding hydrogens is 599 g/mol. The lowest BCUT2D eigenvalue weighted by Gasteiger charge is -2.12. The number of nitrogens with zero attached hydrogens (tertiary/aromatic N) is 3. The minimum atomic E-state index is 0.633. The molecule has 10 aromatic rings. The molecule has 0 bridgehead atoms. The highest BCUT2D eigenvalue weighted by atomic mass is 16.3. The lowest BCUT2D eigenvalue weighted by atomic mass is 9.91. The maximum atomic E-state index is 6.82. The molecule has 0 N–H and O–H groups in total. The first-order valence-electron chi connectivity index (χ1n) is 16.4. The predicted octanol–water partition coefficient (Wildman–Crippen LogP) is 11.9. The van der Waals surface area contributed by atoms with Crippen LogP contribution in [0.15, 0.2) is 168 Å². The molecule has 0 spiro atoms. The summed E-state index contributed by atoms with van der Waals surface area (Å²) in [6.07, 6.45) is 0. The van der Waals surface area contributed by atoms with Gasteiger partial charge in [0, 0.05) is 32.8 Å². The van der Waals surface area contributed by atoms with Crippen LogP contribution in [0, 0.1) is 0 Å². The maximum Gasteiger partial charge on any atom is 0.164 e. The molecule has 0 saturated carbocycles. The van der Waals surface area contributed by atoms with Crippen molar-refractivity contribution in [3.8, 4) is 45.3 Å². The van der Waals surface area contributed by atoms with E-state index in [-0.39, 0.29) is 0 Å². The summed E-state index contributed by atoms with van der Waals surface area (Å²) in [5, 5.41) is 9.31. The van der Waals surface area contributed by atoms with E-state index in [9.17, 15) is 0 Å². The fourth-order valence-corrected chi connectivity index (χ4v) is 7.16. The van der Waals surface area contributed by atoms with E-state index in [4.69, 9.17) is 19.4 Å². The molecule has 2 heterocycles. The number of aromatic nitrogens is 3. The topological polar surface area (TPSA) is 51.8 Å². The molecule has 0 fully saturated rings. The Bertz CT molecular complexity index is 2800. The molecule has 4 heteroatoms. The third-order valence-corrected chi connectivity index (χ3v) is 9.49. The van der Waals surface area contributed by atoms with Crippen LogP contribution < -0.4 is 0 Å². The summed E-state index contributed by atoms with van der Waals surface area (Å²) in [6.45, 7) is 0. The van der Waals surface area contributed by atoms with Gasteiger partial charge in [0.15, 0.2) is 17.5 Å². The molecule has 0 aliphatic rings. The van der Waals surface area contributed by atoms with Crippen molar-refractivity contribution in [2.75, 3.05) is 0 Å². The summed E-state index contributed by atoms with van der Waals surface area (Å²) in [5.41, 5.74) is 6.85. The van der Waals surface area contributed by atoms with Gasteiger partial charge < -0.3 is 4.42 Å². The van der Waals surface area contributed by atoms with E-state index in [1.807, 2.05) is 60.7 Å². The summed E-state index contributed by atoms with van der Waals surface area (Å²) >= 11 is 0. The fraction of sp³-hybridized carbons (Fsp3) is 0. The standard InChI is InChI=1S/C45H27N3O/c1-3-13-31(14-4-1)43-46-44(32-15-5-2-6-16-32)48-45(47-43)33-22-19-30(20-23-33)37-27-34-24-21-28-11-7-9-17-35(28)39(34)42-41(37)40-36-18-10-8-12-29(36)25-26-38(40)49-42/h1-27H. The van der Waals surface area contributed by atoms with Crippen LogP contribution in [0.3, 0.4) is 0 Å². The monoisotopic (exact) mass is 625 g/mol. The molecule has 4 nitrogen and oxygen atoms in total. The van der Waals surface area contributed by atoms with Gasteiger partial charge >= 0.3 is 0 Å². The SMILES string of the molecule is c1ccc(-c2nc(-c3ccccc3)nc(-c3ccc(-c4cc5ccc6ccccc6c5c5oc6ccc7ccccc7c6c45)cc3)n2)cc1. The zero-order valence-electron chi connectivity index (χ0n) is 26.3. The lowest BCUT2D eigenvalue weighted by molar-refractivity contribution is 0.673. The number of furan rings is 1. The first-order chi connectivity index (χ1) is 24.3. The Kier molecular flexibility index (Phi) is 6.15. The van der Waals surface area contributed by atoms with Crippen molar-refractivity contribution >= 4 is 54.3 Å². The maximum absolute atomic E-state index is 6.82. The van der Waals surface area contributed by atoms with Gasteiger partial charge in [0.25, 0.3) is 0 Å². The van der Waals surface area contributed by atoms with Gasteiger partial charge in [-0.15, -0.1) is 0 Å². The normalized spacial score (nSPS) is 11.7. The highest BCUT2D eigenvalue weighted by molar-refractivity contribution is 6.30. The zero-order valence-corrected chi connectivity index (χ0v) is 26.3. The van der Waals surface area contributed by atoms with E-state index in [1.54, 1.807) is 0 Å². The summed E-state index contributed by atoms with van der Waals surface area (Å²) in [7, 11) is 0. The van der Waals surface area contributed by atoms with Crippen LogP contribution in [0.25, 0.3) is 99.5 Å². The van der Waals surface area contributed by atoms with Crippen molar-refractivity contribution in [3.63, 3.8) is 0 Å². The smallest absolute Gasteiger partial charge is 0.164 e. The second-order valence-corrected chi connectivity index (χ2v) is 12.4. The van der Waals surface area contributed by atoms with E-state index in [0.717, 1.165) is 60.5 Å². The first-order valence-corrected chi connectivity index (χ1v) is 16.4. The zero-order chi connectivity index (χ0) is 32.3. The highest BCUT2D eigenvalue weighted by Gasteiger charge is 2.20. The molecule has 0 aliphatic heterocycles. The van der Waals surface area contributed by atoms with Crippen LogP contribution in [0.5, 0.6) is 0 Å². The number of rotatable bonds is 4. The van der Waals surface area contributed by atoms with E-state index >= 15 is 0 Å². The van der Waals surface area contributed by atoms with Gasteiger partial charge in [-0.25, -0.2) is 15.0 Å². The van der Waals surface area contributed by atoms with Crippen LogP contribution in [0.1, 0.15) is 0 Å². The largest absolute Gasteiger partial charge is 0.455 e. The molecule has 49 heavy (non-hydrogen) atoms. The second kappa shape index (κ2) is 11.0. The predicted molar refractivity (Wildman–Crippen MR) is 201 cm³/mol. The van der Waals surface area contributed by atoms with Gasteiger partial charge in [0.05, 0.1) is 0 Å². The number of hydrogen-bond acceptors (Lipinski definition) is 4. The van der Waals surface area contributed by atoms with Crippen molar-refractivity contribution < 1.29 is 4.42 Å². The Hall–Kier alpha value is -6.65. The minimum absolute atomic E-state index is 0.633. The van der Waals surface area contributed by atoms with Crippen LogP contribution in [0.2, 0.25) is 0 Å². The number of benzene rings is 8. The first kappa shape index (κ1) is 27.5. The van der Waals surface area contributed by atoms with Crippen molar-refractivity contribution in [3.05, 3.63) is 164 Å². The third kappa shape index (κ3) is 4.49. The van der Waals surface area contributed by atoms with E-state index in [1.165, 1.54) is 21.5 Å². The van der Waals surface area contributed by atoms with Gasteiger partial charge in [-0.1, -0.05) is 152 Å². The Labute approximate surface area is 282 Å². The molecule has 0 saturated heterocycles. The second-order valence-electron chi connectivity index (χ2n) is 12.4. The average molecular weight is 626 g/mol.